The summed E-state index contributed by atoms with van der Waals surface area (Å²) in [6.07, 6.45) is 1.72. The second-order valence-corrected chi connectivity index (χ2v) is 3.41. The Morgan fingerprint density at radius 2 is 2.14 bits per heavy atom. The third kappa shape index (κ3) is 1.46. The van der Waals surface area contributed by atoms with E-state index in [0.717, 1.165) is 11.3 Å². The van der Waals surface area contributed by atoms with Gasteiger partial charge in [-0.2, -0.15) is 5.10 Å². The zero-order valence-corrected chi connectivity index (χ0v) is 8.36. The molecule has 0 bridgehead atoms. The van der Waals surface area contributed by atoms with E-state index >= 15 is 0 Å². The molecule has 0 aliphatic carbocycles. The quantitative estimate of drug-likeness (QED) is 0.782. The average molecular weight is 209 g/mol. The third-order valence-electron chi connectivity index (χ3n) is 2.06. The molecule has 0 fully saturated rings. The van der Waals surface area contributed by atoms with Crippen LogP contribution >= 0.6 is 11.6 Å². The largest absolute Gasteiger partial charge is 0.506 e. The van der Waals surface area contributed by atoms with E-state index in [2.05, 4.69) is 5.10 Å². The molecule has 0 saturated heterocycles. The number of aromatic hydroxyl groups is 1. The van der Waals surface area contributed by atoms with Gasteiger partial charge in [0, 0.05) is 18.8 Å². The van der Waals surface area contributed by atoms with E-state index in [0.29, 0.717) is 5.02 Å². The van der Waals surface area contributed by atoms with Gasteiger partial charge in [0.25, 0.3) is 0 Å². The van der Waals surface area contributed by atoms with Crippen LogP contribution in [0.3, 0.4) is 0 Å². The summed E-state index contributed by atoms with van der Waals surface area (Å²) in [6.45, 7) is 0. The number of hydrogen-bond acceptors (Lipinski definition) is 2. The molecule has 3 nitrogen and oxygen atoms in total. The normalized spacial score (nSPS) is 10.4. The summed E-state index contributed by atoms with van der Waals surface area (Å²) in [7, 11) is 1.86. The van der Waals surface area contributed by atoms with Crippen LogP contribution in [0, 0.1) is 0 Å². The van der Waals surface area contributed by atoms with Crippen molar-refractivity contribution in [3.05, 3.63) is 35.5 Å². The fourth-order valence-corrected chi connectivity index (χ4v) is 1.50. The van der Waals surface area contributed by atoms with Crippen molar-refractivity contribution in [3.8, 4) is 17.0 Å². The Kier molecular flexibility index (Phi) is 2.17. The Labute approximate surface area is 86.6 Å². The van der Waals surface area contributed by atoms with Crippen LogP contribution in [0.4, 0.5) is 0 Å². The maximum Gasteiger partial charge on any atom is 0.134 e. The number of benzene rings is 1. The van der Waals surface area contributed by atoms with Gasteiger partial charge in [-0.1, -0.05) is 11.6 Å². The van der Waals surface area contributed by atoms with Crippen LogP contribution in [-0.2, 0) is 7.05 Å². The molecule has 0 spiro atoms. The Morgan fingerprint density at radius 1 is 1.36 bits per heavy atom. The molecule has 1 aromatic heterocycles. The van der Waals surface area contributed by atoms with Gasteiger partial charge >= 0.3 is 0 Å². The Balaban J connectivity index is 2.53. The maximum absolute atomic E-state index is 9.26. The van der Waals surface area contributed by atoms with Crippen molar-refractivity contribution in [2.75, 3.05) is 0 Å². The van der Waals surface area contributed by atoms with Gasteiger partial charge in [-0.3, -0.25) is 4.68 Å². The molecule has 14 heavy (non-hydrogen) atoms. The van der Waals surface area contributed by atoms with Gasteiger partial charge in [0.2, 0.25) is 0 Å². The molecule has 0 aliphatic heterocycles. The van der Waals surface area contributed by atoms with Crippen LogP contribution < -0.4 is 0 Å². The molecule has 2 rings (SSSR count). The average Bonchev–Trinajstić information content (AvgIpc) is 2.57. The summed E-state index contributed by atoms with van der Waals surface area (Å²) in [5.41, 5.74) is 1.90. The first-order chi connectivity index (χ1) is 6.68. The molecule has 0 aliphatic rings. The molecule has 1 aromatic carbocycles. The number of aryl methyl sites for hydroxylation is 1. The van der Waals surface area contributed by atoms with Gasteiger partial charge in [0.05, 0.1) is 10.7 Å². The number of phenolic OH excluding ortho intramolecular Hbond substituents is 1. The van der Waals surface area contributed by atoms with Crippen molar-refractivity contribution >= 4 is 11.6 Å². The molecule has 0 unspecified atom stereocenters. The minimum Gasteiger partial charge on any atom is -0.506 e. The summed E-state index contributed by atoms with van der Waals surface area (Å²) in [6, 6.07) is 6.99. The second kappa shape index (κ2) is 3.35. The number of phenols is 1. The van der Waals surface area contributed by atoms with E-state index in [4.69, 9.17) is 11.6 Å². The minimum atomic E-state index is 0.0950. The third-order valence-corrected chi connectivity index (χ3v) is 2.37. The number of halogens is 1. The van der Waals surface area contributed by atoms with Crippen LogP contribution in [0.25, 0.3) is 11.3 Å². The van der Waals surface area contributed by atoms with E-state index in [9.17, 15) is 5.11 Å². The van der Waals surface area contributed by atoms with Gasteiger partial charge in [-0.25, -0.2) is 0 Å². The Hall–Kier alpha value is -1.48. The first-order valence-corrected chi connectivity index (χ1v) is 4.53. The highest BCUT2D eigenvalue weighted by atomic mass is 35.5. The first kappa shape index (κ1) is 9.09. The second-order valence-electron chi connectivity index (χ2n) is 3.01. The number of nitrogens with zero attached hydrogens (tertiary/aromatic N) is 2. The Bertz CT molecular complexity index is 465. The summed E-state index contributed by atoms with van der Waals surface area (Å²) in [4.78, 5) is 0. The molecule has 1 N–H and O–H groups in total. The van der Waals surface area contributed by atoms with Crippen LogP contribution in [0.1, 0.15) is 0 Å². The summed E-state index contributed by atoms with van der Waals surface area (Å²) < 4.78 is 1.75. The van der Waals surface area contributed by atoms with Crippen molar-refractivity contribution < 1.29 is 5.11 Å². The van der Waals surface area contributed by atoms with E-state index in [-0.39, 0.29) is 5.75 Å². The van der Waals surface area contributed by atoms with Crippen molar-refractivity contribution in [3.63, 3.8) is 0 Å². The topological polar surface area (TPSA) is 38.0 Å². The predicted molar refractivity (Wildman–Crippen MR) is 55.3 cm³/mol. The number of rotatable bonds is 1. The maximum atomic E-state index is 9.26. The molecule has 1 heterocycles. The summed E-state index contributed by atoms with van der Waals surface area (Å²) in [5.74, 6) is 0.0950. The van der Waals surface area contributed by atoms with E-state index in [1.165, 1.54) is 0 Å². The Morgan fingerprint density at radius 3 is 2.71 bits per heavy atom. The smallest absolute Gasteiger partial charge is 0.134 e. The lowest BCUT2D eigenvalue weighted by atomic mass is 10.1. The molecule has 0 radical (unpaired) electrons. The van der Waals surface area contributed by atoms with Gasteiger partial charge in [0.15, 0.2) is 0 Å². The predicted octanol–water partition coefficient (Wildman–Crippen LogP) is 2.45. The van der Waals surface area contributed by atoms with Gasteiger partial charge in [-0.15, -0.1) is 0 Å². The molecule has 0 atom stereocenters. The minimum absolute atomic E-state index is 0.0950. The number of aromatic nitrogens is 2. The molecular formula is C10H9ClN2O. The van der Waals surface area contributed by atoms with E-state index in [1.807, 2.05) is 13.1 Å². The fraction of sp³-hybridized carbons (Fsp3) is 0.100. The van der Waals surface area contributed by atoms with Gasteiger partial charge in [0.1, 0.15) is 5.75 Å². The fourth-order valence-electron chi connectivity index (χ4n) is 1.32. The zero-order valence-electron chi connectivity index (χ0n) is 7.61. The number of hydrogen-bond donors (Lipinski definition) is 1. The standard InChI is InChI=1S/C10H9ClN2O/c1-13-9(4-5-12-13)7-2-3-10(14)8(11)6-7/h2-6,14H,1H3. The molecule has 0 amide bonds. The van der Waals surface area contributed by atoms with Crippen molar-refractivity contribution in [2.45, 2.75) is 0 Å². The lowest BCUT2D eigenvalue weighted by Gasteiger charge is -2.03. The first-order valence-electron chi connectivity index (χ1n) is 4.15. The van der Waals surface area contributed by atoms with Crippen molar-refractivity contribution in [1.29, 1.82) is 0 Å². The van der Waals surface area contributed by atoms with Gasteiger partial charge in [-0.05, 0) is 24.3 Å². The van der Waals surface area contributed by atoms with Crippen LogP contribution in [0.15, 0.2) is 30.5 Å². The molecule has 0 saturated carbocycles. The van der Waals surface area contributed by atoms with Crippen molar-refractivity contribution in [1.82, 2.24) is 9.78 Å². The highest BCUT2D eigenvalue weighted by Gasteiger charge is 2.04. The lowest BCUT2D eigenvalue weighted by Crippen LogP contribution is -1.92. The van der Waals surface area contributed by atoms with Crippen LogP contribution in [-0.4, -0.2) is 14.9 Å². The monoisotopic (exact) mass is 208 g/mol. The highest BCUT2D eigenvalue weighted by Crippen LogP contribution is 2.28. The zero-order chi connectivity index (χ0) is 10.1. The lowest BCUT2D eigenvalue weighted by molar-refractivity contribution is 0.475. The van der Waals surface area contributed by atoms with Crippen LogP contribution in [0.5, 0.6) is 5.75 Å². The van der Waals surface area contributed by atoms with Crippen LogP contribution in [0.2, 0.25) is 5.02 Å². The van der Waals surface area contributed by atoms with Crippen molar-refractivity contribution in [2.24, 2.45) is 7.05 Å². The molecule has 72 valence electrons. The summed E-state index contributed by atoms with van der Waals surface area (Å²) >= 11 is 5.80. The molecule has 4 heteroatoms. The SMILES string of the molecule is Cn1nccc1-c1ccc(O)c(Cl)c1. The van der Waals surface area contributed by atoms with E-state index in [1.54, 1.807) is 29.1 Å². The van der Waals surface area contributed by atoms with Gasteiger partial charge < -0.3 is 5.11 Å². The summed E-state index contributed by atoms with van der Waals surface area (Å²) in [5, 5.41) is 13.7. The molecule has 2 aromatic rings. The van der Waals surface area contributed by atoms with E-state index < -0.39 is 0 Å². The highest BCUT2D eigenvalue weighted by molar-refractivity contribution is 6.32. The molecular weight excluding hydrogens is 200 g/mol.